The highest BCUT2D eigenvalue weighted by atomic mass is 32.2. The number of ether oxygens (including phenoxy) is 2. The standard InChI is InChI=1S/C13H24N2O6S.C2H7P/c1-3-12(16)15-22(18,19)11-5-6-13(17)14-7-8-21-10-9-20-4-2;1-3-2/h3H,1,4-11H2,2H3,(H,14,17)(H,15,16);3H,1-2H3. The molecule has 0 aromatic carbocycles. The van der Waals surface area contributed by atoms with Crippen molar-refractivity contribution < 1.29 is 27.5 Å². The maximum Gasteiger partial charge on any atom is 0.256 e. The molecular weight excluding hydrogens is 367 g/mol. The Kier molecular flexibility index (Phi) is 18.7. The van der Waals surface area contributed by atoms with Crippen LogP contribution in [-0.4, -0.2) is 72.3 Å². The Balaban J connectivity index is 0. The van der Waals surface area contributed by atoms with Crippen LogP contribution in [0, 0.1) is 0 Å². The molecule has 0 aromatic rings. The first-order valence-electron chi connectivity index (χ1n) is 8.00. The lowest BCUT2D eigenvalue weighted by atomic mass is 10.3. The smallest absolute Gasteiger partial charge is 0.256 e. The van der Waals surface area contributed by atoms with Crippen LogP contribution in [0.4, 0.5) is 0 Å². The SMILES string of the molecule is C=CC(=O)NS(=O)(=O)CCCC(=O)NCCOCCOCC.CPC. The summed E-state index contributed by atoms with van der Waals surface area (Å²) in [6, 6.07) is 0. The molecule has 0 unspecified atom stereocenters. The minimum Gasteiger partial charge on any atom is -0.379 e. The van der Waals surface area contributed by atoms with Gasteiger partial charge in [0.2, 0.25) is 15.9 Å². The lowest BCUT2D eigenvalue weighted by molar-refractivity contribution is -0.121. The summed E-state index contributed by atoms with van der Waals surface area (Å²) >= 11 is 0. The molecule has 0 spiro atoms. The Hall–Kier alpha value is -1.02. The number of sulfonamides is 1. The van der Waals surface area contributed by atoms with Crippen LogP contribution in [0.2, 0.25) is 0 Å². The number of hydrogen-bond acceptors (Lipinski definition) is 6. The quantitative estimate of drug-likeness (QED) is 0.265. The van der Waals surface area contributed by atoms with E-state index in [1.165, 1.54) is 0 Å². The summed E-state index contributed by atoms with van der Waals surface area (Å²) in [5.74, 6) is -1.35. The predicted molar refractivity (Wildman–Crippen MR) is 102 cm³/mol. The van der Waals surface area contributed by atoms with E-state index in [-0.39, 0.29) is 24.5 Å². The number of carbonyl (C=O) groups is 2. The van der Waals surface area contributed by atoms with Crippen molar-refractivity contribution in [2.24, 2.45) is 0 Å². The average molecular weight is 398 g/mol. The highest BCUT2D eigenvalue weighted by molar-refractivity contribution is 7.90. The number of rotatable bonds is 13. The molecule has 0 fully saturated rings. The van der Waals surface area contributed by atoms with E-state index in [9.17, 15) is 18.0 Å². The highest BCUT2D eigenvalue weighted by Crippen LogP contribution is 1.95. The van der Waals surface area contributed by atoms with Gasteiger partial charge < -0.3 is 14.8 Å². The fourth-order valence-corrected chi connectivity index (χ4v) is 2.40. The number of hydrogen-bond donors (Lipinski definition) is 2. The van der Waals surface area contributed by atoms with E-state index in [0.29, 0.717) is 33.0 Å². The molecule has 0 aliphatic heterocycles. The molecule has 0 radical (unpaired) electrons. The Morgan fingerprint density at radius 3 is 2.32 bits per heavy atom. The zero-order valence-electron chi connectivity index (χ0n) is 15.3. The maximum atomic E-state index is 11.5. The molecule has 0 aliphatic carbocycles. The van der Waals surface area contributed by atoms with Gasteiger partial charge in [0.1, 0.15) is 0 Å². The fraction of sp³-hybridized carbons (Fsp3) is 0.733. The first kappa shape index (κ1) is 26.2. The average Bonchev–Trinajstić information content (AvgIpc) is 2.54. The molecule has 0 aromatic heterocycles. The van der Waals surface area contributed by atoms with Crippen LogP contribution in [-0.2, 0) is 29.1 Å². The van der Waals surface area contributed by atoms with Crippen LogP contribution in [0.3, 0.4) is 0 Å². The molecule has 0 heterocycles. The zero-order valence-corrected chi connectivity index (χ0v) is 17.1. The lowest BCUT2D eigenvalue weighted by Gasteiger charge is -2.07. The molecule has 2 amide bonds. The topological polar surface area (TPSA) is 111 Å². The van der Waals surface area contributed by atoms with Crippen LogP contribution in [0.25, 0.3) is 0 Å². The van der Waals surface area contributed by atoms with Crippen LogP contribution in [0.15, 0.2) is 12.7 Å². The van der Waals surface area contributed by atoms with Gasteiger partial charge in [-0.2, -0.15) is 0 Å². The van der Waals surface area contributed by atoms with Crippen molar-refractivity contribution in [1.29, 1.82) is 0 Å². The van der Waals surface area contributed by atoms with Crippen molar-refractivity contribution >= 4 is 30.4 Å². The Morgan fingerprint density at radius 2 is 1.76 bits per heavy atom. The van der Waals surface area contributed by atoms with Gasteiger partial charge in [-0.15, -0.1) is 8.58 Å². The van der Waals surface area contributed by atoms with Crippen molar-refractivity contribution in [3.8, 4) is 0 Å². The molecule has 0 atom stereocenters. The Morgan fingerprint density at radius 1 is 1.16 bits per heavy atom. The zero-order chi connectivity index (χ0) is 19.6. The van der Waals surface area contributed by atoms with Gasteiger partial charge in [0.05, 0.1) is 25.6 Å². The summed E-state index contributed by atoms with van der Waals surface area (Å²) in [4.78, 5) is 22.3. The third-order valence-electron chi connectivity index (χ3n) is 2.40. The monoisotopic (exact) mass is 398 g/mol. The number of carbonyl (C=O) groups excluding carboxylic acids is 2. The Bertz CT molecular complexity index is 471. The van der Waals surface area contributed by atoms with E-state index in [2.05, 4.69) is 25.2 Å². The van der Waals surface area contributed by atoms with Gasteiger partial charge in [-0.3, -0.25) is 9.59 Å². The third kappa shape index (κ3) is 20.9. The summed E-state index contributed by atoms with van der Waals surface area (Å²) in [5, 5.41) is 2.61. The van der Waals surface area contributed by atoms with Gasteiger partial charge in [-0.1, -0.05) is 6.58 Å². The number of nitrogens with one attached hydrogen (secondary N) is 2. The fourth-order valence-electron chi connectivity index (χ4n) is 1.38. The van der Waals surface area contributed by atoms with E-state index in [4.69, 9.17) is 9.47 Å². The van der Waals surface area contributed by atoms with Gasteiger partial charge in [0.15, 0.2) is 0 Å². The minimum atomic E-state index is -3.72. The summed E-state index contributed by atoms with van der Waals surface area (Å²) in [6.07, 6.45) is 1.05. The van der Waals surface area contributed by atoms with Crippen molar-refractivity contribution in [2.75, 3.05) is 52.1 Å². The summed E-state index contributed by atoms with van der Waals surface area (Å²) in [5.41, 5.74) is 0. The minimum absolute atomic E-state index is 0.0577. The van der Waals surface area contributed by atoms with E-state index < -0.39 is 15.9 Å². The molecular formula is C15H31N2O6PS. The predicted octanol–water partition coefficient (Wildman–Crippen LogP) is 0.492. The normalized spacial score (nSPS) is 10.4. The van der Waals surface area contributed by atoms with E-state index >= 15 is 0 Å². The van der Waals surface area contributed by atoms with Crippen LogP contribution >= 0.6 is 8.58 Å². The second kappa shape index (κ2) is 17.8. The molecule has 0 saturated heterocycles. The molecule has 0 saturated carbocycles. The lowest BCUT2D eigenvalue weighted by Crippen LogP contribution is -2.32. The molecule has 0 bridgehead atoms. The molecule has 25 heavy (non-hydrogen) atoms. The van der Waals surface area contributed by atoms with Gasteiger partial charge in [0, 0.05) is 19.6 Å². The molecule has 148 valence electrons. The van der Waals surface area contributed by atoms with Gasteiger partial charge >= 0.3 is 0 Å². The number of amides is 2. The van der Waals surface area contributed by atoms with Crippen molar-refractivity contribution in [3.63, 3.8) is 0 Å². The second-order valence-electron chi connectivity index (χ2n) is 4.75. The van der Waals surface area contributed by atoms with Crippen LogP contribution in [0.5, 0.6) is 0 Å². The first-order chi connectivity index (χ1) is 11.8. The van der Waals surface area contributed by atoms with Gasteiger partial charge in [0.25, 0.3) is 5.91 Å². The maximum absolute atomic E-state index is 11.5. The summed E-state index contributed by atoms with van der Waals surface area (Å²) < 4.78 is 34.9. The largest absolute Gasteiger partial charge is 0.379 e. The summed E-state index contributed by atoms with van der Waals surface area (Å²) in [6.45, 7) is 11.7. The molecule has 10 heteroatoms. The third-order valence-corrected chi connectivity index (χ3v) is 3.74. The van der Waals surface area contributed by atoms with Gasteiger partial charge in [-0.05, 0) is 32.8 Å². The molecule has 0 rings (SSSR count). The summed E-state index contributed by atoms with van der Waals surface area (Å²) in [7, 11) is -2.63. The van der Waals surface area contributed by atoms with Crippen molar-refractivity contribution in [1.82, 2.24) is 10.0 Å². The van der Waals surface area contributed by atoms with Gasteiger partial charge in [-0.25, -0.2) is 13.1 Å². The van der Waals surface area contributed by atoms with Crippen LogP contribution in [0.1, 0.15) is 19.8 Å². The second-order valence-corrected chi connectivity index (χ2v) is 7.59. The van der Waals surface area contributed by atoms with Crippen molar-refractivity contribution in [3.05, 3.63) is 12.7 Å². The first-order valence-corrected chi connectivity index (χ1v) is 11.7. The highest BCUT2D eigenvalue weighted by Gasteiger charge is 2.13. The van der Waals surface area contributed by atoms with E-state index in [1.54, 1.807) is 0 Å². The molecule has 0 aliphatic rings. The molecule has 2 N–H and O–H groups in total. The molecule has 8 nitrogen and oxygen atoms in total. The van der Waals surface area contributed by atoms with E-state index in [0.717, 1.165) is 14.7 Å². The van der Waals surface area contributed by atoms with E-state index in [1.807, 2.05) is 11.6 Å². The van der Waals surface area contributed by atoms with Crippen molar-refractivity contribution in [2.45, 2.75) is 19.8 Å². The Labute approximate surface area is 152 Å². The van der Waals surface area contributed by atoms with Crippen LogP contribution < -0.4 is 10.0 Å².